The molecular weight excluding hydrogens is 232 g/mol. The van der Waals surface area contributed by atoms with E-state index in [4.69, 9.17) is 5.73 Å². The lowest BCUT2D eigenvalue weighted by molar-refractivity contribution is 0.0782. The van der Waals surface area contributed by atoms with E-state index in [1.165, 1.54) is 11.3 Å². The van der Waals surface area contributed by atoms with Crippen molar-refractivity contribution in [3.63, 3.8) is 0 Å². The Morgan fingerprint density at radius 1 is 1.53 bits per heavy atom. The fourth-order valence-electron chi connectivity index (χ4n) is 2.29. The summed E-state index contributed by atoms with van der Waals surface area (Å²) in [5.74, 6) is 0.692. The van der Waals surface area contributed by atoms with Crippen LogP contribution in [-0.2, 0) is 0 Å². The Morgan fingerprint density at radius 3 is 2.71 bits per heavy atom. The van der Waals surface area contributed by atoms with Gasteiger partial charge in [-0.3, -0.25) is 4.79 Å². The summed E-state index contributed by atoms with van der Waals surface area (Å²) in [7, 11) is 0. The molecule has 1 unspecified atom stereocenters. The molecule has 2 N–H and O–H groups in total. The van der Waals surface area contributed by atoms with Gasteiger partial charge >= 0.3 is 0 Å². The minimum Gasteiger partial charge on any atom is -0.397 e. The van der Waals surface area contributed by atoms with E-state index in [-0.39, 0.29) is 11.3 Å². The van der Waals surface area contributed by atoms with E-state index in [1.807, 2.05) is 10.3 Å². The molecule has 1 aliphatic rings. The Bertz CT molecular complexity index is 419. The van der Waals surface area contributed by atoms with Crippen LogP contribution in [0.1, 0.15) is 36.9 Å². The minimum absolute atomic E-state index is 0.101. The first-order valence-corrected chi connectivity index (χ1v) is 6.90. The van der Waals surface area contributed by atoms with Gasteiger partial charge in [-0.2, -0.15) is 0 Å². The third kappa shape index (κ3) is 2.46. The Labute approximate surface area is 107 Å². The van der Waals surface area contributed by atoms with E-state index in [9.17, 15) is 4.79 Å². The van der Waals surface area contributed by atoms with Crippen LogP contribution in [0.5, 0.6) is 0 Å². The quantitative estimate of drug-likeness (QED) is 0.835. The zero-order valence-electron chi connectivity index (χ0n) is 10.7. The van der Waals surface area contributed by atoms with Crippen molar-refractivity contribution in [2.75, 3.05) is 18.8 Å². The summed E-state index contributed by atoms with van der Waals surface area (Å²) in [5.41, 5.74) is 6.68. The monoisotopic (exact) mass is 252 g/mol. The number of carbonyl (C=O) groups is 1. The van der Waals surface area contributed by atoms with Gasteiger partial charge in [0.25, 0.3) is 5.91 Å². The molecule has 1 atom stereocenters. The molecule has 1 fully saturated rings. The lowest BCUT2D eigenvalue weighted by Gasteiger charge is -2.26. The molecule has 1 saturated heterocycles. The van der Waals surface area contributed by atoms with Crippen LogP contribution in [0.2, 0.25) is 0 Å². The average molecular weight is 252 g/mol. The number of amides is 1. The summed E-state index contributed by atoms with van der Waals surface area (Å²) in [5, 5.41) is 1.87. The summed E-state index contributed by atoms with van der Waals surface area (Å²) in [4.78, 5) is 14.9. The Morgan fingerprint density at radius 2 is 2.24 bits per heavy atom. The van der Waals surface area contributed by atoms with Gasteiger partial charge in [-0.15, -0.1) is 11.3 Å². The van der Waals surface area contributed by atoms with Gasteiger partial charge in [-0.1, -0.05) is 20.8 Å². The largest absolute Gasteiger partial charge is 0.397 e. The van der Waals surface area contributed by atoms with Crippen molar-refractivity contribution in [2.24, 2.45) is 11.3 Å². The highest BCUT2D eigenvalue weighted by Gasteiger charge is 2.34. The maximum absolute atomic E-state index is 12.3. The highest BCUT2D eigenvalue weighted by atomic mass is 32.1. The van der Waals surface area contributed by atoms with Crippen LogP contribution >= 0.6 is 11.3 Å². The average Bonchev–Trinajstić information content (AvgIpc) is 2.83. The number of thiophene rings is 1. The van der Waals surface area contributed by atoms with Crippen molar-refractivity contribution in [2.45, 2.75) is 27.2 Å². The predicted octanol–water partition coefficient (Wildman–Crippen LogP) is 2.84. The fraction of sp³-hybridized carbons (Fsp3) is 0.615. The first-order valence-electron chi connectivity index (χ1n) is 6.02. The first-order chi connectivity index (χ1) is 7.89. The normalized spacial score (nSPS) is 20.9. The predicted molar refractivity (Wildman–Crippen MR) is 72.2 cm³/mol. The molecular formula is C13H20N2OS. The zero-order valence-corrected chi connectivity index (χ0v) is 11.5. The number of nitrogens with two attached hydrogens (primary N) is 1. The summed E-state index contributed by atoms with van der Waals surface area (Å²) >= 11 is 1.44. The lowest BCUT2D eigenvalue weighted by Crippen LogP contribution is -2.31. The molecule has 0 aliphatic carbocycles. The van der Waals surface area contributed by atoms with Gasteiger partial charge in [0.2, 0.25) is 0 Å². The molecule has 2 rings (SSSR count). The first kappa shape index (κ1) is 12.4. The van der Waals surface area contributed by atoms with E-state index in [1.54, 1.807) is 6.07 Å². The maximum Gasteiger partial charge on any atom is 0.266 e. The van der Waals surface area contributed by atoms with Gasteiger partial charge in [0.1, 0.15) is 4.88 Å². The molecule has 0 saturated carbocycles. The van der Waals surface area contributed by atoms with Crippen LogP contribution in [-0.4, -0.2) is 23.9 Å². The molecule has 0 aromatic carbocycles. The van der Waals surface area contributed by atoms with E-state index in [2.05, 4.69) is 20.8 Å². The number of anilines is 1. The number of hydrogen-bond donors (Lipinski definition) is 1. The van der Waals surface area contributed by atoms with Crippen molar-refractivity contribution >= 4 is 22.9 Å². The van der Waals surface area contributed by atoms with Gasteiger partial charge < -0.3 is 10.6 Å². The topological polar surface area (TPSA) is 46.3 Å². The van der Waals surface area contributed by atoms with Gasteiger partial charge in [0.15, 0.2) is 0 Å². The Balaban J connectivity index is 2.07. The molecule has 0 bridgehead atoms. The molecule has 94 valence electrons. The van der Waals surface area contributed by atoms with Gasteiger partial charge in [-0.25, -0.2) is 0 Å². The molecule has 1 aliphatic heterocycles. The number of likely N-dealkylation sites (tertiary alicyclic amines) is 1. The fourth-order valence-corrected chi connectivity index (χ4v) is 3.07. The van der Waals surface area contributed by atoms with Crippen molar-refractivity contribution < 1.29 is 4.79 Å². The molecule has 1 aromatic rings. The van der Waals surface area contributed by atoms with Crippen molar-refractivity contribution in [1.82, 2.24) is 4.90 Å². The van der Waals surface area contributed by atoms with E-state index in [0.717, 1.165) is 19.5 Å². The number of hydrogen-bond acceptors (Lipinski definition) is 3. The summed E-state index contributed by atoms with van der Waals surface area (Å²) < 4.78 is 0. The van der Waals surface area contributed by atoms with Gasteiger partial charge in [-0.05, 0) is 29.2 Å². The highest BCUT2D eigenvalue weighted by molar-refractivity contribution is 7.12. The number of rotatable bonds is 1. The minimum atomic E-state index is 0.101. The Hall–Kier alpha value is -1.03. The van der Waals surface area contributed by atoms with Crippen molar-refractivity contribution in [3.05, 3.63) is 16.3 Å². The standard InChI is InChI=1S/C13H20N2OS/c1-13(2,3)9-4-6-15(8-9)12(16)11-10(14)5-7-17-11/h5,7,9H,4,6,8,14H2,1-3H3. The van der Waals surface area contributed by atoms with E-state index >= 15 is 0 Å². The number of nitrogen functional groups attached to an aromatic ring is 1. The van der Waals surface area contributed by atoms with Crippen molar-refractivity contribution in [3.8, 4) is 0 Å². The second-order valence-electron chi connectivity index (χ2n) is 5.81. The van der Waals surface area contributed by atoms with Crippen LogP contribution in [0, 0.1) is 11.3 Å². The van der Waals surface area contributed by atoms with Gasteiger partial charge in [0, 0.05) is 13.1 Å². The third-order valence-corrected chi connectivity index (χ3v) is 4.51. The van der Waals surface area contributed by atoms with E-state index in [0.29, 0.717) is 16.5 Å². The molecule has 2 heterocycles. The lowest BCUT2D eigenvalue weighted by atomic mass is 9.80. The van der Waals surface area contributed by atoms with Crippen LogP contribution in [0.3, 0.4) is 0 Å². The molecule has 1 amide bonds. The summed E-state index contributed by atoms with van der Waals surface area (Å²) in [6.45, 7) is 8.44. The van der Waals surface area contributed by atoms with Crippen LogP contribution in [0.15, 0.2) is 11.4 Å². The highest BCUT2D eigenvalue weighted by Crippen LogP contribution is 2.34. The van der Waals surface area contributed by atoms with Crippen molar-refractivity contribution in [1.29, 1.82) is 0 Å². The molecule has 0 radical (unpaired) electrons. The molecule has 1 aromatic heterocycles. The molecule has 17 heavy (non-hydrogen) atoms. The second-order valence-corrected chi connectivity index (χ2v) is 6.72. The van der Waals surface area contributed by atoms with Gasteiger partial charge in [0.05, 0.1) is 5.69 Å². The summed E-state index contributed by atoms with van der Waals surface area (Å²) in [6, 6.07) is 1.80. The summed E-state index contributed by atoms with van der Waals surface area (Å²) in [6.07, 6.45) is 1.10. The Kier molecular flexibility index (Phi) is 3.17. The van der Waals surface area contributed by atoms with Crippen LogP contribution in [0.4, 0.5) is 5.69 Å². The second kappa shape index (κ2) is 4.33. The zero-order chi connectivity index (χ0) is 12.6. The number of nitrogens with zero attached hydrogens (tertiary/aromatic N) is 1. The molecule has 4 heteroatoms. The molecule has 3 nitrogen and oxygen atoms in total. The SMILES string of the molecule is CC(C)(C)C1CCN(C(=O)c2sccc2N)C1. The smallest absolute Gasteiger partial charge is 0.266 e. The van der Waals surface area contributed by atoms with Crippen LogP contribution < -0.4 is 5.73 Å². The third-order valence-electron chi connectivity index (χ3n) is 3.59. The molecule has 0 spiro atoms. The van der Waals surface area contributed by atoms with Crippen LogP contribution in [0.25, 0.3) is 0 Å². The number of carbonyl (C=O) groups excluding carboxylic acids is 1. The van der Waals surface area contributed by atoms with E-state index < -0.39 is 0 Å². The maximum atomic E-state index is 12.3.